The quantitative estimate of drug-likeness (QED) is 0.730. The van der Waals surface area contributed by atoms with Crippen LogP contribution in [0.5, 0.6) is 0 Å². The van der Waals surface area contributed by atoms with Gasteiger partial charge in [0.1, 0.15) is 6.04 Å². The van der Waals surface area contributed by atoms with E-state index in [2.05, 4.69) is 19.2 Å². The molecule has 0 aromatic carbocycles. The van der Waals surface area contributed by atoms with E-state index in [-0.39, 0.29) is 6.04 Å². The fourth-order valence-corrected chi connectivity index (χ4v) is 2.79. The van der Waals surface area contributed by atoms with Crippen LogP contribution in [0.15, 0.2) is 0 Å². The van der Waals surface area contributed by atoms with E-state index in [0.717, 1.165) is 18.6 Å². The first-order valence-corrected chi connectivity index (χ1v) is 5.80. The van der Waals surface area contributed by atoms with Gasteiger partial charge in [0.15, 0.2) is 0 Å². The second kappa shape index (κ2) is 4.86. The van der Waals surface area contributed by atoms with E-state index in [1.54, 1.807) is 0 Å². The van der Waals surface area contributed by atoms with Gasteiger partial charge in [0, 0.05) is 0 Å². The third-order valence-electron chi connectivity index (χ3n) is 2.53. The molecule has 1 aliphatic heterocycles. The van der Waals surface area contributed by atoms with E-state index in [1.807, 2.05) is 11.8 Å². The lowest BCUT2D eigenvalue weighted by Crippen LogP contribution is -2.48. The van der Waals surface area contributed by atoms with Gasteiger partial charge in [0.25, 0.3) is 0 Å². The molecule has 4 heteroatoms. The van der Waals surface area contributed by atoms with Crippen LogP contribution in [0.3, 0.4) is 0 Å². The molecule has 0 aromatic heterocycles. The van der Waals surface area contributed by atoms with Crippen LogP contribution in [0, 0.1) is 5.92 Å². The van der Waals surface area contributed by atoms with Crippen LogP contribution < -0.4 is 5.32 Å². The van der Waals surface area contributed by atoms with Gasteiger partial charge in [0.2, 0.25) is 0 Å². The first-order chi connectivity index (χ1) is 6.15. The summed E-state index contributed by atoms with van der Waals surface area (Å²) in [6.07, 6.45) is 1.84. The molecular formula is C9H17NO2S. The monoisotopic (exact) mass is 203 g/mol. The molecule has 0 spiro atoms. The smallest absolute Gasteiger partial charge is 0.320 e. The summed E-state index contributed by atoms with van der Waals surface area (Å²) in [7, 11) is 0. The van der Waals surface area contributed by atoms with Gasteiger partial charge in [-0.1, -0.05) is 20.3 Å². The normalized spacial score (nSPS) is 31.2. The molecule has 0 saturated carbocycles. The largest absolute Gasteiger partial charge is 0.480 e. The number of rotatable bonds is 3. The Labute approximate surface area is 83.3 Å². The van der Waals surface area contributed by atoms with Crippen molar-refractivity contribution in [2.45, 2.75) is 38.1 Å². The van der Waals surface area contributed by atoms with E-state index < -0.39 is 5.97 Å². The predicted octanol–water partition coefficient (Wildman–Crippen LogP) is 1.54. The van der Waals surface area contributed by atoms with Crippen LogP contribution in [0.25, 0.3) is 0 Å². The minimum absolute atomic E-state index is 0.319. The standard InChI is InChI=1S/C9H17NO2S/c1-3-6(2)8-10-7(9(11)12)4-5-13-8/h6-8,10H,3-5H2,1-2H3,(H,11,12). The molecule has 0 amide bonds. The molecular weight excluding hydrogens is 186 g/mol. The number of thioether (sulfide) groups is 1. The van der Waals surface area contributed by atoms with Gasteiger partial charge in [-0.15, -0.1) is 11.8 Å². The number of aliphatic carboxylic acids is 1. The topological polar surface area (TPSA) is 49.3 Å². The lowest BCUT2D eigenvalue weighted by Gasteiger charge is -2.31. The number of hydrogen-bond donors (Lipinski definition) is 2. The zero-order valence-corrected chi connectivity index (χ0v) is 8.93. The lowest BCUT2D eigenvalue weighted by molar-refractivity contribution is -0.139. The van der Waals surface area contributed by atoms with Crippen LogP contribution in [0.4, 0.5) is 0 Å². The van der Waals surface area contributed by atoms with Crippen molar-refractivity contribution in [2.24, 2.45) is 5.92 Å². The Kier molecular flexibility index (Phi) is 4.06. The van der Waals surface area contributed by atoms with E-state index >= 15 is 0 Å². The molecule has 0 aliphatic carbocycles. The molecule has 2 N–H and O–H groups in total. The summed E-state index contributed by atoms with van der Waals surface area (Å²) in [5.41, 5.74) is 0. The molecule has 1 saturated heterocycles. The first kappa shape index (κ1) is 10.9. The van der Waals surface area contributed by atoms with Crippen LogP contribution in [-0.4, -0.2) is 28.2 Å². The molecule has 1 heterocycles. The van der Waals surface area contributed by atoms with Crippen molar-refractivity contribution in [3.63, 3.8) is 0 Å². The number of carbonyl (C=O) groups is 1. The van der Waals surface area contributed by atoms with Gasteiger partial charge in [0.05, 0.1) is 5.37 Å². The molecule has 3 unspecified atom stereocenters. The predicted molar refractivity (Wildman–Crippen MR) is 54.9 cm³/mol. The van der Waals surface area contributed by atoms with Crippen molar-refractivity contribution < 1.29 is 9.90 Å². The summed E-state index contributed by atoms with van der Waals surface area (Å²) in [4.78, 5) is 10.7. The van der Waals surface area contributed by atoms with Gasteiger partial charge in [-0.25, -0.2) is 0 Å². The first-order valence-electron chi connectivity index (χ1n) is 4.75. The highest BCUT2D eigenvalue weighted by molar-refractivity contribution is 7.99. The maximum absolute atomic E-state index is 10.7. The molecule has 1 rings (SSSR count). The van der Waals surface area contributed by atoms with E-state index in [4.69, 9.17) is 5.11 Å². The van der Waals surface area contributed by atoms with Crippen LogP contribution in [0.1, 0.15) is 26.7 Å². The fourth-order valence-electron chi connectivity index (χ4n) is 1.38. The van der Waals surface area contributed by atoms with Crippen LogP contribution in [0.2, 0.25) is 0 Å². The highest BCUT2D eigenvalue weighted by atomic mass is 32.2. The molecule has 1 aliphatic rings. The Morgan fingerprint density at radius 3 is 3.00 bits per heavy atom. The van der Waals surface area contributed by atoms with E-state index in [1.165, 1.54) is 0 Å². The molecule has 76 valence electrons. The SMILES string of the molecule is CCC(C)C1NC(C(=O)O)CCS1. The molecule has 0 aromatic rings. The summed E-state index contributed by atoms with van der Waals surface area (Å²) < 4.78 is 0. The summed E-state index contributed by atoms with van der Waals surface area (Å²) in [5.74, 6) is 0.791. The maximum Gasteiger partial charge on any atom is 0.320 e. The number of carboxylic acids is 1. The van der Waals surface area contributed by atoms with E-state index in [9.17, 15) is 4.79 Å². The third kappa shape index (κ3) is 2.88. The maximum atomic E-state index is 10.7. The van der Waals surface area contributed by atoms with Crippen molar-refractivity contribution in [3.8, 4) is 0 Å². The molecule has 3 nitrogen and oxygen atoms in total. The Morgan fingerprint density at radius 1 is 1.77 bits per heavy atom. The fraction of sp³-hybridized carbons (Fsp3) is 0.889. The van der Waals surface area contributed by atoms with Crippen molar-refractivity contribution >= 4 is 17.7 Å². The molecule has 0 radical (unpaired) electrons. The van der Waals surface area contributed by atoms with Crippen LogP contribution in [-0.2, 0) is 4.79 Å². The van der Waals surface area contributed by atoms with Crippen molar-refractivity contribution in [2.75, 3.05) is 5.75 Å². The van der Waals surface area contributed by atoms with Gasteiger partial charge < -0.3 is 5.11 Å². The van der Waals surface area contributed by atoms with Crippen molar-refractivity contribution in [1.82, 2.24) is 5.32 Å². The zero-order chi connectivity index (χ0) is 9.84. The lowest BCUT2D eigenvalue weighted by atomic mass is 10.1. The van der Waals surface area contributed by atoms with E-state index in [0.29, 0.717) is 11.3 Å². The Hall–Kier alpha value is -0.220. The number of nitrogens with one attached hydrogen (secondary N) is 1. The zero-order valence-electron chi connectivity index (χ0n) is 8.12. The highest BCUT2D eigenvalue weighted by Crippen LogP contribution is 2.25. The Balaban J connectivity index is 2.46. The van der Waals surface area contributed by atoms with Crippen LogP contribution >= 0.6 is 11.8 Å². The summed E-state index contributed by atoms with van der Waals surface area (Å²) in [6.45, 7) is 4.30. The number of carboxylic acid groups (broad SMARTS) is 1. The summed E-state index contributed by atoms with van der Waals surface area (Å²) >= 11 is 1.84. The molecule has 3 atom stereocenters. The average Bonchev–Trinajstić information content (AvgIpc) is 2.17. The summed E-state index contributed by atoms with van der Waals surface area (Å²) in [5, 5.41) is 12.3. The Morgan fingerprint density at radius 2 is 2.46 bits per heavy atom. The minimum atomic E-state index is -0.714. The minimum Gasteiger partial charge on any atom is -0.480 e. The van der Waals surface area contributed by atoms with Gasteiger partial charge in [-0.2, -0.15) is 0 Å². The van der Waals surface area contributed by atoms with Crippen molar-refractivity contribution in [3.05, 3.63) is 0 Å². The average molecular weight is 203 g/mol. The van der Waals surface area contributed by atoms with Gasteiger partial charge in [-0.05, 0) is 18.1 Å². The second-order valence-electron chi connectivity index (χ2n) is 3.52. The third-order valence-corrected chi connectivity index (χ3v) is 3.96. The molecule has 0 bridgehead atoms. The van der Waals surface area contributed by atoms with Gasteiger partial charge in [-0.3, -0.25) is 10.1 Å². The molecule has 13 heavy (non-hydrogen) atoms. The van der Waals surface area contributed by atoms with Crippen molar-refractivity contribution in [1.29, 1.82) is 0 Å². The highest BCUT2D eigenvalue weighted by Gasteiger charge is 2.28. The second-order valence-corrected chi connectivity index (χ2v) is 4.77. The molecule has 1 fully saturated rings. The Bertz CT molecular complexity index is 186. The van der Waals surface area contributed by atoms with Gasteiger partial charge >= 0.3 is 5.97 Å². The summed E-state index contributed by atoms with van der Waals surface area (Å²) in [6, 6.07) is -0.333. The number of hydrogen-bond acceptors (Lipinski definition) is 3.